The van der Waals surface area contributed by atoms with Gasteiger partial charge in [-0.15, -0.1) is 11.3 Å². The standard InChI is InChI=1S/C15H23NO3S2/c1-4-7-8-20-10-13(17)16-14-12(15(18)19-6-3)9-11(5-2)21-14/h9H,4-8,10H2,1-3H3,(H,16,17). The molecule has 0 bridgehead atoms. The molecule has 1 aromatic rings. The summed E-state index contributed by atoms with van der Waals surface area (Å²) in [7, 11) is 0. The highest BCUT2D eigenvalue weighted by atomic mass is 32.2. The summed E-state index contributed by atoms with van der Waals surface area (Å²) in [4.78, 5) is 24.9. The van der Waals surface area contributed by atoms with Gasteiger partial charge in [-0.2, -0.15) is 11.8 Å². The summed E-state index contributed by atoms with van der Waals surface area (Å²) in [5.41, 5.74) is 0.464. The first-order valence-corrected chi connectivity index (χ1v) is 9.26. The lowest BCUT2D eigenvalue weighted by Gasteiger charge is -2.06. The number of carbonyl (C=O) groups is 2. The summed E-state index contributed by atoms with van der Waals surface area (Å²) in [6.45, 7) is 6.25. The molecule has 0 aliphatic heterocycles. The number of thiophene rings is 1. The maximum atomic E-state index is 11.9. The SMILES string of the molecule is CCCCSCC(=O)Nc1sc(CC)cc1C(=O)OCC. The largest absolute Gasteiger partial charge is 0.462 e. The minimum absolute atomic E-state index is 0.0637. The second-order valence-corrected chi connectivity index (χ2v) is 6.73. The summed E-state index contributed by atoms with van der Waals surface area (Å²) in [6.07, 6.45) is 3.08. The van der Waals surface area contributed by atoms with Gasteiger partial charge >= 0.3 is 5.97 Å². The second-order valence-electron chi connectivity index (χ2n) is 4.48. The van der Waals surface area contributed by atoms with E-state index < -0.39 is 0 Å². The molecule has 0 aliphatic carbocycles. The zero-order chi connectivity index (χ0) is 15.7. The number of carbonyl (C=O) groups excluding carboxylic acids is 2. The third kappa shape index (κ3) is 6.09. The number of hydrogen-bond acceptors (Lipinski definition) is 5. The van der Waals surface area contributed by atoms with E-state index in [9.17, 15) is 9.59 Å². The van der Waals surface area contributed by atoms with Gasteiger partial charge in [0.15, 0.2) is 0 Å². The number of aryl methyl sites for hydroxylation is 1. The molecular weight excluding hydrogens is 306 g/mol. The predicted molar refractivity (Wildman–Crippen MR) is 90.5 cm³/mol. The average molecular weight is 329 g/mol. The number of amides is 1. The molecule has 21 heavy (non-hydrogen) atoms. The minimum atomic E-state index is -0.373. The first-order valence-electron chi connectivity index (χ1n) is 7.29. The van der Waals surface area contributed by atoms with Gasteiger partial charge in [-0.25, -0.2) is 4.79 Å². The van der Waals surface area contributed by atoms with Gasteiger partial charge in [0, 0.05) is 4.88 Å². The third-order valence-corrected chi connectivity index (χ3v) is 4.99. The molecule has 6 heteroatoms. The van der Waals surface area contributed by atoms with E-state index >= 15 is 0 Å². The molecular formula is C15H23NO3S2. The van der Waals surface area contributed by atoms with Crippen molar-refractivity contribution in [2.45, 2.75) is 40.0 Å². The Kier molecular flexibility index (Phi) is 8.45. The third-order valence-electron chi connectivity index (χ3n) is 2.76. The lowest BCUT2D eigenvalue weighted by molar-refractivity contribution is -0.113. The fourth-order valence-corrected chi connectivity index (χ4v) is 3.54. The predicted octanol–water partition coefficient (Wildman–Crippen LogP) is 3.96. The number of unbranched alkanes of at least 4 members (excludes halogenated alkanes) is 1. The van der Waals surface area contributed by atoms with Crippen molar-refractivity contribution in [1.82, 2.24) is 0 Å². The number of esters is 1. The van der Waals surface area contributed by atoms with Crippen molar-refractivity contribution in [3.63, 3.8) is 0 Å². The van der Waals surface area contributed by atoms with Gasteiger partial charge in [-0.05, 0) is 31.6 Å². The quantitative estimate of drug-likeness (QED) is 0.550. The normalized spacial score (nSPS) is 10.4. The Hall–Kier alpha value is -1.01. The monoisotopic (exact) mass is 329 g/mol. The van der Waals surface area contributed by atoms with E-state index in [0.29, 0.717) is 22.9 Å². The number of ether oxygens (including phenoxy) is 1. The van der Waals surface area contributed by atoms with E-state index in [1.165, 1.54) is 11.3 Å². The van der Waals surface area contributed by atoms with Crippen molar-refractivity contribution in [2.24, 2.45) is 0 Å². The molecule has 118 valence electrons. The van der Waals surface area contributed by atoms with Crippen LogP contribution in [0, 0.1) is 0 Å². The number of hydrogen-bond donors (Lipinski definition) is 1. The molecule has 1 heterocycles. The fraction of sp³-hybridized carbons (Fsp3) is 0.600. The molecule has 0 aromatic carbocycles. The molecule has 0 fully saturated rings. The average Bonchev–Trinajstić information content (AvgIpc) is 2.87. The molecule has 0 unspecified atom stereocenters. The number of anilines is 1. The van der Waals surface area contributed by atoms with Gasteiger partial charge in [0.1, 0.15) is 5.00 Å². The van der Waals surface area contributed by atoms with E-state index in [-0.39, 0.29) is 11.9 Å². The molecule has 0 atom stereocenters. The summed E-state index contributed by atoms with van der Waals surface area (Å²) >= 11 is 3.06. The molecule has 0 aliphatic rings. The summed E-state index contributed by atoms with van der Waals surface area (Å²) in [6, 6.07) is 1.81. The maximum Gasteiger partial charge on any atom is 0.341 e. The molecule has 0 spiro atoms. The van der Waals surface area contributed by atoms with E-state index in [1.807, 2.05) is 13.0 Å². The molecule has 1 N–H and O–H groups in total. The van der Waals surface area contributed by atoms with Gasteiger partial charge in [0.2, 0.25) is 5.91 Å². The van der Waals surface area contributed by atoms with Crippen molar-refractivity contribution in [3.05, 3.63) is 16.5 Å². The van der Waals surface area contributed by atoms with E-state index in [1.54, 1.807) is 18.7 Å². The van der Waals surface area contributed by atoms with Crippen LogP contribution in [0.2, 0.25) is 0 Å². The lowest BCUT2D eigenvalue weighted by atomic mass is 10.2. The maximum absolute atomic E-state index is 11.9. The second kappa shape index (κ2) is 9.84. The van der Waals surface area contributed by atoms with Gasteiger partial charge in [0.05, 0.1) is 17.9 Å². The smallest absolute Gasteiger partial charge is 0.341 e. The van der Waals surface area contributed by atoms with Gasteiger partial charge in [-0.3, -0.25) is 4.79 Å². The van der Waals surface area contributed by atoms with Crippen LogP contribution in [0.4, 0.5) is 5.00 Å². The number of thioether (sulfide) groups is 1. The molecule has 1 rings (SSSR count). The van der Waals surface area contributed by atoms with Crippen LogP contribution in [-0.4, -0.2) is 30.0 Å². The van der Waals surface area contributed by atoms with Crippen molar-refractivity contribution >= 4 is 40.0 Å². The molecule has 0 radical (unpaired) electrons. The van der Waals surface area contributed by atoms with Crippen molar-refractivity contribution in [1.29, 1.82) is 0 Å². The van der Waals surface area contributed by atoms with Crippen LogP contribution in [0.3, 0.4) is 0 Å². The van der Waals surface area contributed by atoms with Crippen LogP contribution < -0.4 is 5.32 Å². The van der Waals surface area contributed by atoms with Crippen LogP contribution in [-0.2, 0) is 16.0 Å². The highest BCUT2D eigenvalue weighted by molar-refractivity contribution is 7.99. The minimum Gasteiger partial charge on any atom is -0.462 e. The van der Waals surface area contributed by atoms with Crippen LogP contribution >= 0.6 is 23.1 Å². The van der Waals surface area contributed by atoms with Crippen LogP contribution in [0.1, 0.15) is 48.8 Å². The van der Waals surface area contributed by atoms with Crippen molar-refractivity contribution in [3.8, 4) is 0 Å². The molecule has 4 nitrogen and oxygen atoms in total. The Morgan fingerprint density at radius 2 is 2.10 bits per heavy atom. The molecule has 0 saturated heterocycles. The zero-order valence-corrected chi connectivity index (χ0v) is 14.5. The fourth-order valence-electron chi connectivity index (χ4n) is 1.64. The van der Waals surface area contributed by atoms with Gasteiger partial charge in [0.25, 0.3) is 0 Å². The molecule has 1 aromatic heterocycles. The summed E-state index contributed by atoms with van der Waals surface area (Å²) in [5.74, 6) is 0.967. The lowest BCUT2D eigenvalue weighted by Crippen LogP contribution is -2.16. The van der Waals surface area contributed by atoms with E-state index in [0.717, 1.165) is 29.9 Å². The van der Waals surface area contributed by atoms with Crippen molar-refractivity contribution in [2.75, 3.05) is 23.4 Å². The molecule has 1 amide bonds. The van der Waals surface area contributed by atoms with E-state index in [2.05, 4.69) is 12.2 Å². The highest BCUT2D eigenvalue weighted by Crippen LogP contribution is 2.29. The molecule has 0 saturated carbocycles. The highest BCUT2D eigenvalue weighted by Gasteiger charge is 2.18. The van der Waals surface area contributed by atoms with Crippen LogP contribution in [0.15, 0.2) is 6.07 Å². The van der Waals surface area contributed by atoms with Gasteiger partial charge < -0.3 is 10.1 Å². The van der Waals surface area contributed by atoms with Gasteiger partial charge in [-0.1, -0.05) is 20.3 Å². The first kappa shape index (κ1) is 18.0. The first-order chi connectivity index (χ1) is 10.1. The summed E-state index contributed by atoms with van der Waals surface area (Å²) in [5, 5.41) is 3.44. The summed E-state index contributed by atoms with van der Waals surface area (Å²) < 4.78 is 5.03. The topological polar surface area (TPSA) is 55.4 Å². The van der Waals surface area contributed by atoms with Crippen LogP contribution in [0.25, 0.3) is 0 Å². The number of nitrogens with one attached hydrogen (secondary N) is 1. The Bertz CT molecular complexity index is 471. The Labute approximate surface area is 134 Å². The Morgan fingerprint density at radius 1 is 1.33 bits per heavy atom. The zero-order valence-electron chi connectivity index (χ0n) is 12.9. The Balaban J connectivity index is 2.66. The van der Waals surface area contributed by atoms with Crippen LogP contribution in [0.5, 0.6) is 0 Å². The van der Waals surface area contributed by atoms with Crippen molar-refractivity contribution < 1.29 is 14.3 Å². The van der Waals surface area contributed by atoms with E-state index in [4.69, 9.17) is 4.74 Å². The Morgan fingerprint density at radius 3 is 2.71 bits per heavy atom. The number of rotatable bonds is 9.